The largest absolute Gasteiger partial charge is 0.496 e. The standard InChI is InChI=1S/C33H30N2O4/c1-20(23-11-5-7-14-27(23)38-2)29(36)28-30-32(22-10-8-9-21(17-22)18-34)16-15-26(24-12-4-6-13-25(24)32)33(30,19-35-28)31(37)39-3/h4-14,17,26,28,30,35H,1,15-16,19H2,2-3H3. The van der Waals surface area contributed by atoms with Crippen molar-refractivity contribution < 1.29 is 19.1 Å². The number of hydrogen-bond donors (Lipinski definition) is 1. The van der Waals surface area contributed by atoms with Crippen molar-refractivity contribution in [3.05, 3.63) is 107 Å². The molecule has 0 amide bonds. The topological polar surface area (TPSA) is 88.4 Å². The molecule has 1 heterocycles. The number of nitriles is 1. The maximum Gasteiger partial charge on any atom is 0.314 e. The summed E-state index contributed by atoms with van der Waals surface area (Å²) in [5.74, 6) is -0.453. The van der Waals surface area contributed by atoms with E-state index in [1.807, 2.05) is 54.6 Å². The Labute approximate surface area is 228 Å². The Kier molecular flexibility index (Phi) is 5.93. The molecule has 3 aromatic carbocycles. The molecule has 6 nitrogen and oxygen atoms in total. The number of hydrogen-bond acceptors (Lipinski definition) is 6. The van der Waals surface area contributed by atoms with Crippen molar-refractivity contribution >= 4 is 17.3 Å². The fourth-order valence-corrected chi connectivity index (χ4v) is 7.93. The number of nitrogens with one attached hydrogen (secondary N) is 1. The molecule has 0 aromatic heterocycles. The van der Waals surface area contributed by atoms with Crippen molar-refractivity contribution in [3.63, 3.8) is 0 Å². The van der Waals surface area contributed by atoms with Crippen molar-refractivity contribution in [3.8, 4) is 11.8 Å². The third-order valence-electron chi connectivity index (χ3n) is 9.38. The Morgan fingerprint density at radius 1 is 1.05 bits per heavy atom. The van der Waals surface area contributed by atoms with Crippen LogP contribution in [-0.4, -0.2) is 38.6 Å². The van der Waals surface area contributed by atoms with Crippen molar-refractivity contribution in [2.75, 3.05) is 20.8 Å². The Hall–Kier alpha value is -4.21. The van der Waals surface area contributed by atoms with Crippen LogP contribution >= 0.6 is 0 Å². The molecule has 1 aliphatic heterocycles. The third-order valence-corrected chi connectivity index (χ3v) is 9.38. The summed E-state index contributed by atoms with van der Waals surface area (Å²) in [5, 5.41) is 13.2. The Bertz CT molecular complexity index is 1550. The predicted molar refractivity (Wildman–Crippen MR) is 147 cm³/mol. The zero-order chi connectivity index (χ0) is 27.4. The lowest BCUT2D eigenvalue weighted by atomic mass is 9.40. The van der Waals surface area contributed by atoms with Crippen LogP contribution in [-0.2, 0) is 19.7 Å². The highest BCUT2D eigenvalue weighted by molar-refractivity contribution is 6.23. The number of fused-ring (bicyclic) bond motifs is 1. The minimum absolute atomic E-state index is 0.1000. The Morgan fingerprint density at radius 3 is 2.59 bits per heavy atom. The van der Waals surface area contributed by atoms with Gasteiger partial charge < -0.3 is 14.8 Å². The van der Waals surface area contributed by atoms with Crippen molar-refractivity contribution in [1.82, 2.24) is 5.32 Å². The fourth-order valence-electron chi connectivity index (χ4n) is 7.93. The van der Waals surface area contributed by atoms with Crippen molar-refractivity contribution in [1.29, 1.82) is 5.26 Å². The first-order valence-corrected chi connectivity index (χ1v) is 13.2. The van der Waals surface area contributed by atoms with Gasteiger partial charge in [0, 0.05) is 34.9 Å². The van der Waals surface area contributed by atoms with Crippen molar-refractivity contribution in [2.45, 2.75) is 30.2 Å². The molecule has 6 heteroatoms. The SMILES string of the molecule is C=C(C(=O)C1NCC2(C(=O)OC)C3CCC(c4cccc(C#N)c4)(c4ccccc43)C12)c1ccccc1OC. The second kappa shape index (κ2) is 9.21. The molecule has 2 fully saturated rings. The van der Waals surface area contributed by atoms with E-state index in [9.17, 15) is 14.9 Å². The maximum absolute atomic E-state index is 14.4. The molecule has 0 radical (unpaired) electrons. The van der Waals surface area contributed by atoms with Crippen LogP contribution in [0.1, 0.15) is 46.6 Å². The molecule has 1 saturated heterocycles. The fraction of sp³-hybridized carbons (Fsp3) is 0.303. The van der Waals surface area contributed by atoms with Gasteiger partial charge in [-0.15, -0.1) is 0 Å². The molecule has 196 valence electrons. The average molecular weight is 519 g/mol. The highest BCUT2D eigenvalue weighted by Gasteiger charge is 2.72. The number of carbonyl (C=O) groups excluding carboxylic acids is 2. The predicted octanol–water partition coefficient (Wildman–Crippen LogP) is 4.77. The zero-order valence-corrected chi connectivity index (χ0v) is 22.1. The molecule has 2 bridgehead atoms. The van der Waals surface area contributed by atoms with E-state index >= 15 is 0 Å². The lowest BCUT2D eigenvalue weighted by molar-refractivity contribution is -0.162. The first-order chi connectivity index (χ1) is 18.9. The normalized spacial score (nSPS) is 28.1. The molecular weight excluding hydrogens is 488 g/mol. The van der Waals surface area contributed by atoms with E-state index < -0.39 is 22.8 Å². The molecule has 3 aliphatic carbocycles. The van der Waals surface area contributed by atoms with Gasteiger partial charge >= 0.3 is 5.97 Å². The molecule has 1 saturated carbocycles. The van der Waals surface area contributed by atoms with Gasteiger partial charge in [0.2, 0.25) is 0 Å². The number of para-hydroxylation sites is 1. The highest BCUT2D eigenvalue weighted by atomic mass is 16.5. The molecule has 39 heavy (non-hydrogen) atoms. The second-order valence-corrected chi connectivity index (χ2v) is 10.8. The minimum Gasteiger partial charge on any atom is -0.496 e. The summed E-state index contributed by atoms with van der Waals surface area (Å²) in [6.07, 6.45) is 1.52. The monoisotopic (exact) mass is 518 g/mol. The second-order valence-electron chi connectivity index (χ2n) is 10.8. The molecule has 4 aliphatic rings. The van der Waals surface area contributed by atoms with Gasteiger partial charge in [-0.3, -0.25) is 9.59 Å². The summed E-state index contributed by atoms with van der Waals surface area (Å²) in [5.41, 5.74) is 3.04. The number of rotatable bonds is 6. The molecule has 0 spiro atoms. The maximum atomic E-state index is 14.4. The summed E-state index contributed by atoms with van der Waals surface area (Å²) in [4.78, 5) is 28.3. The average Bonchev–Trinajstić information content (AvgIpc) is 3.43. The lowest BCUT2D eigenvalue weighted by Crippen LogP contribution is -2.62. The summed E-state index contributed by atoms with van der Waals surface area (Å²) >= 11 is 0. The molecule has 1 N–H and O–H groups in total. The van der Waals surface area contributed by atoms with Gasteiger partial charge in [-0.1, -0.05) is 61.2 Å². The number of carbonyl (C=O) groups is 2. The van der Waals surface area contributed by atoms with E-state index in [2.05, 4.69) is 30.1 Å². The molecule has 5 atom stereocenters. The van der Waals surface area contributed by atoms with E-state index in [0.29, 0.717) is 29.0 Å². The van der Waals surface area contributed by atoms with Crippen LogP contribution in [0.15, 0.2) is 79.4 Å². The number of ether oxygens (including phenoxy) is 2. The third kappa shape index (κ3) is 3.30. The van der Waals surface area contributed by atoms with E-state index in [0.717, 1.165) is 29.5 Å². The van der Waals surface area contributed by atoms with Gasteiger partial charge in [-0.25, -0.2) is 0 Å². The van der Waals surface area contributed by atoms with Crippen LogP contribution in [0, 0.1) is 22.7 Å². The van der Waals surface area contributed by atoms with Crippen LogP contribution < -0.4 is 10.1 Å². The lowest BCUT2D eigenvalue weighted by Gasteiger charge is -2.60. The number of nitrogens with zero attached hydrogens (tertiary/aromatic N) is 1. The summed E-state index contributed by atoms with van der Waals surface area (Å²) < 4.78 is 11.0. The summed E-state index contributed by atoms with van der Waals surface area (Å²) in [6.45, 7) is 4.52. The van der Waals surface area contributed by atoms with Gasteiger partial charge in [0.05, 0.1) is 37.3 Å². The van der Waals surface area contributed by atoms with Gasteiger partial charge in [0.15, 0.2) is 5.78 Å². The molecule has 7 rings (SSSR count). The van der Waals surface area contributed by atoms with Gasteiger partial charge in [0.1, 0.15) is 5.75 Å². The van der Waals surface area contributed by atoms with Crippen LogP contribution in [0.25, 0.3) is 5.57 Å². The van der Waals surface area contributed by atoms with E-state index in [-0.39, 0.29) is 17.7 Å². The number of benzene rings is 3. The number of Topliss-reactive ketones (excluding diaryl/α,β-unsaturated/α-hetero) is 1. The number of methoxy groups -OCH3 is 2. The van der Waals surface area contributed by atoms with Crippen LogP contribution in [0.5, 0.6) is 5.75 Å². The number of esters is 1. The van der Waals surface area contributed by atoms with E-state index in [4.69, 9.17) is 9.47 Å². The van der Waals surface area contributed by atoms with Gasteiger partial charge in [-0.05, 0) is 47.7 Å². The Balaban J connectivity index is 1.59. The van der Waals surface area contributed by atoms with E-state index in [1.54, 1.807) is 13.2 Å². The van der Waals surface area contributed by atoms with E-state index in [1.165, 1.54) is 7.11 Å². The zero-order valence-electron chi connectivity index (χ0n) is 22.1. The van der Waals surface area contributed by atoms with Crippen molar-refractivity contribution in [2.24, 2.45) is 11.3 Å². The summed E-state index contributed by atoms with van der Waals surface area (Å²) in [6, 6.07) is 24.8. The number of ketones is 1. The first kappa shape index (κ1) is 25.1. The van der Waals surface area contributed by atoms with Crippen LogP contribution in [0.3, 0.4) is 0 Å². The first-order valence-electron chi connectivity index (χ1n) is 13.2. The van der Waals surface area contributed by atoms with Gasteiger partial charge in [0.25, 0.3) is 0 Å². The Morgan fingerprint density at radius 2 is 1.82 bits per heavy atom. The van der Waals surface area contributed by atoms with Crippen LogP contribution in [0.4, 0.5) is 0 Å². The minimum atomic E-state index is -0.953. The smallest absolute Gasteiger partial charge is 0.314 e. The summed E-state index contributed by atoms with van der Waals surface area (Å²) in [7, 11) is 3.00. The molecular formula is C33H30N2O4. The molecule has 3 aromatic rings. The highest BCUT2D eigenvalue weighted by Crippen LogP contribution is 2.69. The van der Waals surface area contributed by atoms with Crippen LogP contribution in [0.2, 0.25) is 0 Å². The van der Waals surface area contributed by atoms with Gasteiger partial charge in [-0.2, -0.15) is 5.26 Å². The molecule has 5 unspecified atom stereocenters. The quantitative estimate of drug-likeness (QED) is 0.374.